The molecule has 0 radical (unpaired) electrons. The molecule has 0 spiro atoms. The highest BCUT2D eigenvalue weighted by atomic mass is 16.1. The van der Waals surface area contributed by atoms with E-state index in [0.717, 1.165) is 12.8 Å². The predicted octanol–water partition coefficient (Wildman–Crippen LogP) is 5.91. The van der Waals surface area contributed by atoms with E-state index in [1.165, 1.54) is 64.2 Å². The van der Waals surface area contributed by atoms with Gasteiger partial charge >= 0.3 is 0 Å². The SMILES string of the molecule is CCCCCCCCCCCCCC(=O)C(C)C. The van der Waals surface area contributed by atoms with Gasteiger partial charge in [-0.05, 0) is 6.42 Å². The summed E-state index contributed by atoms with van der Waals surface area (Å²) in [6.07, 6.45) is 15.7. The molecule has 0 heterocycles. The Morgan fingerprint density at radius 3 is 1.50 bits per heavy atom. The van der Waals surface area contributed by atoms with Gasteiger partial charge in [0, 0.05) is 12.3 Å². The molecule has 0 atom stereocenters. The quantitative estimate of drug-likeness (QED) is 0.373. The van der Waals surface area contributed by atoms with Crippen LogP contribution in [0.1, 0.15) is 97.8 Å². The Balaban J connectivity index is 3.05. The molecular weight excluding hydrogens is 220 g/mol. The molecule has 0 aliphatic carbocycles. The summed E-state index contributed by atoms with van der Waals surface area (Å²) in [4.78, 5) is 11.4. The zero-order valence-electron chi connectivity index (χ0n) is 13.0. The van der Waals surface area contributed by atoms with Crippen molar-refractivity contribution in [2.24, 2.45) is 5.92 Å². The number of unbranched alkanes of at least 4 members (excludes halogenated alkanes) is 10. The topological polar surface area (TPSA) is 17.1 Å². The van der Waals surface area contributed by atoms with Crippen molar-refractivity contribution in [3.63, 3.8) is 0 Å². The normalized spacial score (nSPS) is 11.1. The Kier molecular flexibility index (Phi) is 12.9. The zero-order valence-corrected chi connectivity index (χ0v) is 13.0. The molecule has 1 nitrogen and oxygen atoms in total. The van der Waals surface area contributed by atoms with Crippen LogP contribution in [0.3, 0.4) is 0 Å². The zero-order chi connectivity index (χ0) is 13.6. The maximum atomic E-state index is 11.4. The highest BCUT2D eigenvalue weighted by molar-refractivity contribution is 5.80. The van der Waals surface area contributed by atoms with Crippen molar-refractivity contribution >= 4 is 5.78 Å². The van der Waals surface area contributed by atoms with Crippen molar-refractivity contribution in [1.29, 1.82) is 0 Å². The van der Waals surface area contributed by atoms with Crippen LogP contribution >= 0.6 is 0 Å². The summed E-state index contributed by atoms with van der Waals surface area (Å²) in [6.45, 7) is 6.27. The molecule has 18 heavy (non-hydrogen) atoms. The summed E-state index contributed by atoms with van der Waals surface area (Å²) in [5.74, 6) is 0.666. The lowest BCUT2D eigenvalue weighted by molar-refractivity contribution is -0.122. The molecule has 0 aliphatic heterocycles. The second-order valence-corrected chi connectivity index (χ2v) is 5.91. The van der Waals surface area contributed by atoms with Crippen LogP contribution in [0.5, 0.6) is 0 Å². The molecule has 0 aromatic carbocycles. The van der Waals surface area contributed by atoms with Gasteiger partial charge in [-0.2, -0.15) is 0 Å². The standard InChI is InChI=1S/C17H34O/c1-4-5-6-7-8-9-10-11-12-13-14-15-17(18)16(2)3/h16H,4-15H2,1-3H3. The minimum Gasteiger partial charge on any atom is -0.299 e. The molecule has 1 heteroatoms. The third kappa shape index (κ3) is 12.1. The summed E-state index contributed by atoms with van der Waals surface area (Å²) in [5, 5.41) is 0. The average Bonchev–Trinajstić information content (AvgIpc) is 2.35. The first-order chi connectivity index (χ1) is 8.68. The van der Waals surface area contributed by atoms with Crippen LogP contribution in [0.15, 0.2) is 0 Å². The van der Waals surface area contributed by atoms with Crippen molar-refractivity contribution < 1.29 is 4.79 Å². The number of Topliss-reactive ketones (excluding diaryl/α,β-unsaturated/α-hetero) is 1. The number of carbonyl (C=O) groups excluding carboxylic acids is 1. The maximum absolute atomic E-state index is 11.4. The van der Waals surface area contributed by atoms with Crippen LogP contribution < -0.4 is 0 Å². The summed E-state index contributed by atoms with van der Waals surface area (Å²) >= 11 is 0. The Labute approximate surface area is 115 Å². The van der Waals surface area contributed by atoms with Crippen molar-refractivity contribution in [1.82, 2.24) is 0 Å². The van der Waals surface area contributed by atoms with Gasteiger partial charge in [0.2, 0.25) is 0 Å². The lowest BCUT2D eigenvalue weighted by Gasteiger charge is -2.04. The minimum absolute atomic E-state index is 0.230. The van der Waals surface area contributed by atoms with E-state index in [4.69, 9.17) is 0 Å². The van der Waals surface area contributed by atoms with E-state index in [2.05, 4.69) is 6.92 Å². The van der Waals surface area contributed by atoms with Gasteiger partial charge in [-0.25, -0.2) is 0 Å². The highest BCUT2D eigenvalue weighted by Gasteiger charge is 2.05. The average molecular weight is 254 g/mol. The van der Waals surface area contributed by atoms with Gasteiger partial charge in [0.25, 0.3) is 0 Å². The molecule has 0 aliphatic rings. The van der Waals surface area contributed by atoms with Crippen LogP contribution in [0.25, 0.3) is 0 Å². The van der Waals surface area contributed by atoms with Crippen molar-refractivity contribution in [3.8, 4) is 0 Å². The van der Waals surface area contributed by atoms with Crippen molar-refractivity contribution in [3.05, 3.63) is 0 Å². The van der Waals surface area contributed by atoms with Gasteiger partial charge < -0.3 is 0 Å². The minimum atomic E-state index is 0.230. The fourth-order valence-corrected chi connectivity index (χ4v) is 2.25. The summed E-state index contributed by atoms with van der Waals surface area (Å²) in [7, 11) is 0. The summed E-state index contributed by atoms with van der Waals surface area (Å²) in [6, 6.07) is 0. The van der Waals surface area contributed by atoms with Gasteiger partial charge in [-0.3, -0.25) is 4.79 Å². The van der Waals surface area contributed by atoms with E-state index in [1.807, 2.05) is 13.8 Å². The largest absolute Gasteiger partial charge is 0.299 e. The Morgan fingerprint density at radius 2 is 1.11 bits per heavy atom. The number of hydrogen-bond acceptors (Lipinski definition) is 1. The number of ketones is 1. The van der Waals surface area contributed by atoms with Crippen LogP contribution in [0.2, 0.25) is 0 Å². The van der Waals surface area contributed by atoms with Crippen molar-refractivity contribution in [2.75, 3.05) is 0 Å². The van der Waals surface area contributed by atoms with Crippen molar-refractivity contribution in [2.45, 2.75) is 97.8 Å². The fraction of sp³-hybridized carbons (Fsp3) is 0.941. The predicted molar refractivity (Wildman–Crippen MR) is 80.9 cm³/mol. The van der Waals surface area contributed by atoms with Gasteiger partial charge in [0.05, 0.1) is 0 Å². The molecule has 0 saturated heterocycles. The van der Waals surface area contributed by atoms with Crippen LogP contribution in [0.4, 0.5) is 0 Å². The Morgan fingerprint density at radius 1 is 0.722 bits per heavy atom. The van der Waals surface area contributed by atoms with E-state index in [9.17, 15) is 4.79 Å². The van der Waals surface area contributed by atoms with Crippen LogP contribution in [-0.4, -0.2) is 5.78 Å². The van der Waals surface area contributed by atoms with Gasteiger partial charge in [0.15, 0.2) is 0 Å². The molecule has 0 bridgehead atoms. The molecule has 0 aromatic heterocycles. The summed E-state index contributed by atoms with van der Waals surface area (Å²) in [5.41, 5.74) is 0. The van der Waals surface area contributed by atoms with Gasteiger partial charge in [-0.1, -0.05) is 85.0 Å². The molecule has 0 rings (SSSR count). The number of hydrogen-bond donors (Lipinski definition) is 0. The lowest BCUT2D eigenvalue weighted by atomic mass is 10.0. The van der Waals surface area contributed by atoms with Gasteiger partial charge in [-0.15, -0.1) is 0 Å². The maximum Gasteiger partial charge on any atom is 0.135 e. The highest BCUT2D eigenvalue weighted by Crippen LogP contribution is 2.12. The molecule has 0 aromatic rings. The first-order valence-corrected chi connectivity index (χ1v) is 8.21. The number of rotatable bonds is 13. The van der Waals surface area contributed by atoms with E-state index in [1.54, 1.807) is 0 Å². The van der Waals surface area contributed by atoms with E-state index < -0.39 is 0 Å². The molecule has 0 fully saturated rings. The van der Waals surface area contributed by atoms with Crippen LogP contribution in [-0.2, 0) is 4.79 Å². The molecule has 0 saturated carbocycles. The Hall–Kier alpha value is -0.330. The third-order valence-electron chi connectivity index (χ3n) is 3.67. The molecule has 0 amide bonds. The first kappa shape index (κ1) is 17.7. The Bertz CT molecular complexity index is 184. The van der Waals surface area contributed by atoms with E-state index in [0.29, 0.717) is 5.78 Å². The van der Waals surface area contributed by atoms with Crippen LogP contribution in [0, 0.1) is 5.92 Å². The molecule has 108 valence electrons. The second-order valence-electron chi connectivity index (χ2n) is 5.91. The van der Waals surface area contributed by atoms with E-state index >= 15 is 0 Å². The first-order valence-electron chi connectivity index (χ1n) is 8.21. The molecule has 0 unspecified atom stereocenters. The second kappa shape index (κ2) is 13.1. The lowest BCUT2D eigenvalue weighted by Crippen LogP contribution is -2.05. The monoisotopic (exact) mass is 254 g/mol. The smallest absolute Gasteiger partial charge is 0.135 e. The van der Waals surface area contributed by atoms with Gasteiger partial charge in [0.1, 0.15) is 5.78 Å². The molecular formula is C17H34O. The third-order valence-corrected chi connectivity index (χ3v) is 3.67. The number of carbonyl (C=O) groups is 1. The van der Waals surface area contributed by atoms with E-state index in [-0.39, 0.29) is 5.92 Å². The molecule has 0 N–H and O–H groups in total. The fourth-order valence-electron chi connectivity index (χ4n) is 2.25. The summed E-state index contributed by atoms with van der Waals surface area (Å²) < 4.78 is 0.